The van der Waals surface area contributed by atoms with Crippen molar-refractivity contribution in [1.82, 2.24) is 0 Å². The number of carbonyl (C=O) groups excluding carboxylic acids is 1. The second-order valence-corrected chi connectivity index (χ2v) is 6.53. The molecule has 0 aromatic heterocycles. The van der Waals surface area contributed by atoms with Crippen LogP contribution in [0.5, 0.6) is 0 Å². The Morgan fingerprint density at radius 3 is 2.18 bits per heavy atom. The lowest BCUT2D eigenvalue weighted by atomic mass is 10.1. The fourth-order valence-corrected chi connectivity index (χ4v) is 2.42. The van der Waals surface area contributed by atoms with Gasteiger partial charge in [-0.3, -0.25) is 14.2 Å². The van der Waals surface area contributed by atoms with E-state index in [1.165, 1.54) is 6.92 Å². The summed E-state index contributed by atoms with van der Waals surface area (Å²) in [6.07, 6.45) is 0.747. The van der Waals surface area contributed by atoms with Gasteiger partial charge < -0.3 is 15.4 Å². The molecule has 3 N–H and O–H groups in total. The largest absolute Gasteiger partial charge is 0.481 e. The molecule has 2 atom stereocenters. The third-order valence-corrected chi connectivity index (χ3v) is 3.67. The summed E-state index contributed by atoms with van der Waals surface area (Å²) in [5.74, 6) is -1.63. The van der Waals surface area contributed by atoms with Crippen LogP contribution >= 0.6 is 7.37 Å². The Hall–Kier alpha value is -0.870. The second kappa shape index (κ2) is 9.19. The summed E-state index contributed by atoms with van der Waals surface area (Å²) in [7, 11) is -2.55. The second-order valence-electron chi connectivity index (χ2n) is 3.79. The third-order valence-electron chi connectivity index (χ3n) is 1.79. The highest BCUT2D eigenvalue weighted by Gasteiger charge is 2.19. The molecule has 0 aliphatic carbocycles. The minimum absolute atomic E-state index is 0.333. The summed E-state index contributed by atoms with van der Waals surface area (Å²) < 4.78 is 16.5. The highest BCUT2D eigenvalue weighted by molar-refractivity contribution is 7.58. The first-order chi connectivity index (χ1) is 7.62. The number of primary amides is 1. The highest BCUT2D eigenvalue weighted by atomic mass is 31.2. The number of aliphatic carboxylic acids is 1. The Morgan fingerprint density at radius 1 is 1.47 bits per heavy atom. The van der Waals surface area contributed by atoms with Crippen LogP contribution in [0.15, 0.2) is 0 Å². The van der Waals surface area contributed by atoms with Gasteiger partial charge in [0.1, 0.15) is 0 Å². The first-order valence-corrected chi connectivity index (χ1v) is 7.58. The zero-order valence-corrected chi connectivity index (χ0v) is 11.7. The topological polar surface area (TPSA) is 107 Å². The van der Waals surface area contributed by atoms with Crippen molar-refractivity contribution in [2.24, 2.45) is 11.7 Å². The molecule has 1 amide bonds. The van der Waals surface area contributed by atoms with Gasteiger partial charge in [0.15, 0.2) is 7.37 Å². The van der Waals surface area contributed by atoms with Crippen molar-refractivity contribution in [3.63, 3.8) is 0 Å². The van der Waals surface area contributed by atoms with E-state index in [1.54, 1.807) is 20.5 Å². The molecule has 0 rings (SSSR count). The molecule has 0 aromatic rings. The number of hydrogen-bond acceptors (Lipinski definition) is 4. The van der Waals surface area contributed by atoms with Gasteiger partial charge in [-0.25, -0.2) is 0 Å². The van der Waals surface area contributed by atoms with Crippen molar-refractivity contribution in [1.29, 1.82) is 0 Å². The Kier molecular flexibility index (Phi) is 10.00. The predicted octanol–water partition coefficient (Wildman–Crippen LogP) is 1.53. The maximum Gasteiger partial charge on any atom is 0.306 e. The Bertz CT molecular complexity index is 288. The minimum atomic E-state index is -2.55. The predicted molar refractivity (Wildman–Crippen MR) is 66.3 cm³/mol. The molecule has 0 spiro atoms. The van der Waals surface area contributed by atoms with Gasteiger partial charge in [-0.2, -0.15) is 0 Å². The first-order valence-electron chi connectivity index (χ1n) is 5.32. The van der Waals surface area contributed by atoms with E-state index in [0.29, 0.717) is 19.2 Å². The SMILES string of the molecule is CC(N)=O.CCOP(C)(=O)CCC(C)C(=O)O. The van der Waals surface area contributed by atoms with E-state index in [0.717, 1.165) is 0 Å². The van der Waals surface area contributed by atoms with Gasteiger partial charge in [0.25, 0.3) is 0 Å². The molecule has 7 heteroatoms. The van der Waals surface area contributed by atoms with E-state index in [2.05, 4.69) is 5.73 Å². The monoisotopic (exact) mass is 267 g/mol. The van der Waals surface area contributed by atoms with Crippen LogP contribution in [0.2, 0.25) is 0 Å². The van der Waals surface area contributed by atoms with Gasteiger partial charge in [-0.15, -0.1) is 0 Å². The Balaban J connectivity index is 0. The van der Waals surface area contributed by atoms with Crippen LogP contribution in [-0.2, 0) is 18.7 Å². The van der Waals surface area contributed by atoms with E-state index in [9.17, 15) is 14.2 Å². The molecular formula is C10H22NO5P. The van der Waals surface area contributed by atoms with Crippen molar-refractivity contribution < 1.29 is 23.8 Å². The Morgan fingerprint density at radius 2 is 1.88 bits per heavy atom. The smallest absolute Gasteiger partial charge is 0.306 e. The highest BCUT2D eigenvalue weighted by Crippen LogP contribution is 2.43. The van der Waals surface area contributed by atoms with Crippen molar-refractivity contribution in [3.8, 4) is 0 Å². The molecule has 0 radical (unpaired) electrons. The molecule has 0 saturated heterocycles. The van der Waals surface area contributed by atoms with Gasteiger partial charge in [0.2, 0.25) is 5.91 Å². The van der Waals surface area contributed by atoms with E-state index in [1.807, 2.05) is 0 Å². The number of carbonyl (C=O) groups is 2. The van der Waals surface area contributed by atoms with Crippen LogP contribution in [-0.4, -0.2) is 36.4 Å². The van der Waals surface area contributed by atoms with Crippen molar-refractivity contribution >= 4 is 19.2 Å². The summed E-state index contributed by atoms with van der Waals surface area (Å²) in [5, 5.41) is 8.58. The molecule has 17 heavy (non-hydrogen) atoms. The number of carboxylic acid groups (broad SMARTS) is 1. The van der Waals surface area contributed by atoms with Crippen LogP contribution in [0.1, 0.15) is 27.2 Å². The van der Waals surface area contributed by atoms with Crippen molar-refractivity contribution in [3.05, 3.63) is 0 Å². The summed E-state index contributed by atoms with van der Waals surface area (Å²) in [6.45, 7) is 6.64. The first kappa shape index (κ1) is 18.5. The lowest BCUT2D eigenvalue weighted by Crippen LogP contribution is -2.11. The standard InChI is InChI=1S/C8H17O4P.C2H5NO/c1-4-12-13(3,11)6-5-7(2)8(9)10;1-2(3)4/h7H,4-6H2,1-3H3,(H,9,10);1H3,(H2,3,4). The molecular weight excluding hydrogens is 245 g/mol. The molecule has 0 heterocycles. The summed E-state index contributed by atoms with van der Waals surface area (Å²) in [5.41, 5.74) is 4.47. The minimum Gasteiger partial charge on any atom is -0.481 e. The van der Waals surface area contributed by atoms with E-state index in [4.69, 9.17) is 9.63 Å². The number of amides is 1. The maximum atomic E-state index is 11.5. The molecule has 0 saturated carbocycles. The van der Waals surface area contributed by atoms with Crippen LogP contribution < -0.4 is 5.73 Å². The van der Waals surface area contributed by atoms with Crippen molar-refractivity contribution in [2.45, 2.75) is 27.2 Å². The number of carboxylic acids is 1. The lowest BCUT2D eigenvalue weighted by molar-refractivity contribution is -0.141. The summed E-state index contributed by atoms with van der Waals surface area (Å²) >= 11 is 0. The van der Waals surface area contributed by atoms with Gasteiger partial charge in [-0.1, -0.05) is 6.92 Å². The van der Waals surface area contributed by atoms with E-state index in [-0.39, 0.29) is 5.91 Å². The molecule has 0 bridgehead atoms. The van der Waals surface area contributed by atoms with Crippen molar-refractivity contribution in [2.75, 3.05) is 19.4 Å². The summed E-state index contributed by atoms with van der Waals surface area (Å²) in [4.78, 5) is 19.7. The molecule has 0 aliphatic rings. The molecule has 0 aromatic carbocycles. The quantitative estimate of drug-likeness (QED) is 0.710. The van der Waals surface area contributed by atoms with Crippen LogP contribution in [0.3, 0.4) is 0 Å². The Labute approximate surface area is 102 Å². The number of hydrogen-bond donors (Lipinski definition) is 2. The van der Waals surface area contributed by atoms with Gasteiger partial charge >= 0.3 is 5.97 Å². The zero-order chi connectivity index (χ0) is 14.1. The molecule has 102 valence electrons. The molecule has 0 fully saturated rings. The molecule has 2 unspecified atom stereocenters. The van der Waals surface area contributed by atoms with Crippen LogP contribution in [0.4, 0.5) is 0 Å². The van der Waals surface area contributed by atoms with Crippen LogP contribution in [0, 0.1) is 5.92 Å². The van der Waals surface area contributed by atoms with Gasteiger partial charge in [0, 0.05) is 19.8 Å². The van der Waals surface area contributed by atoms with Gasteiger partial charge in [0.05, 0.1) is 12.5 Å². The zero-order valence-electron chi connectivity index (χ0n) is 10.8. The van der Waals surface area contributed by atoms with Crippen LogP contribution in [0.25, 0.3) is 0 Å². The number of nitrogens with two attached hydrogens (primary N) is 1. The summed E-state index contributed by atoms with van der Waals surface area (Å²) in [6, 6.07) is 0. The van der Waals surface area contributed by atoms with Gasteiger partial charge in [-0.05, 0) is 13.3 Å². The van der Waals surface area contributed by atoms with E-state index < -0.39 is 19.3 Å². The fourth-order valence-electron chi connectivity index (χ4n) is 0.889. The normalized spacial score (nSPS) is 15.1. The lowest BCUT2D eigenvalue weighted by Gasteiger charge is -2.13. The number of rotatable bonds is 6. The average Bonchev–Trinajstić information content (AvgIpc) is 2.13. The molecule has 6 nitrogen and oxygen atoms in total. The molecule has 0 aliphatic heterocycles. The fraction of sp³-hybridized carbons (Fsp3) is 0.800. The average molecular weight is 267 g/mol. The third kappa shape index (κ3) is 15.1. The van der Waals surface area contributed by atoms with E-state index >= 15 is 0 Å². The maximum absolute atomic E-state index is 11.5.